The number of halogens is 1. The topological polar surface area (TPSA) is 64.6 Å². The van der Waals surface area contributed by atoms with Crippen LogP contribution in [0.4, 0.5) is 4.39 Å². The number of nitrogens with zero attached hydrogens (tertiary/aromatic N) is 2. The molecule has 2 aromatic carbocycles. The van der Waals surface area contributed by atoms with Crippen LogP contribution in [0.2, 0.25) is 0 Å². The number of hydrogen-bond acceptors (Lipinski definition) is 4. The van der Waals surface area contributed by atoms with Crippen LogP contribution in [0.15, 0.2) is 62.7 Å². The lowest BCUT2D eigenvalue weighted by molar-refractivity contribution is 0.0972. The van der Waals surface area contributed by atoms with Crippen molar-refractivity contribution in [1.82, 2.24) is 4.57 Å². The van der Waals surface area contributed by atoms with Crippen molar-refractivity contribution in [3.05, 3.63) is 75.1 Å². The van der Waals surface area contributed by atoms with Gasteiger partial charge in [-0.2, -0.15) is 4.99 Å². The maximum atomic E-state index is 13.5. The number of thiazole rings is 1. The predicted molar refractivity (Wildman–Crippen MR) is 97.8 cm³/mol. The number of benzene rings is 2. The minimum atomic E-state index is -0.651. The van der Waals surface area contributed by atoms with Gasteiger partial charge >= 0.3 is 5.91 Å². The third-order valence-electron chi connectivity index (χ3n) is 4.00. The molecule has 7 heteroatoms. The van der Waals surface area contributed by atoms with Gasteiger partial charge in [-0.15, -0.1) is 0 Å². The van der Waals surface area contributed by atoms with Crippen molar-refractivity contribution in [2.24, 2.45) is 4.99 Å². The number of amides is 1. The third kappa shape index (κ3) is 2.76. The molecule has 0 aliphatic rings. The van der Waals surface area contributed by atoms with Crippen molar-refractivity contribution in [2.45, 2.75) is 13.5 Å². The van der Waals surface area contributed by atoms with Crippen LogP contribution < -0.4 is 10.2 Å². The van der Waals surface area contributed by atoms with Crippen molar-refractivity contribution < 1.29 is 13.6 Å². The van der Waals surface area contributed by atoms with E-state index in [4.69, 9.17) is 4.42 Å². The number of carbonyl (C=O) groups excluding carboxylic acids is 1. The number of aromatic nitrogens is 1. The van der Waals surface area contributed by atoms with E-state index < -0.39 is 5.91 Å². The third-order valence-corrected chi connectivity index (χ3v) is 5.04. The Kier molecular flexibility index (Phi) is 4.00. The summed E-state index contributed by atoms with van der Waals surface area (Å²) in [5.74, 6) is -1.12. The van der Waals surface area contributed by atoms with Gasteiger partial charge in [-0.1, -0.05) is 23.5 Å². The fourth-order valence-electron chi connectivity index (χ4n) is 2.79. The molecule has 5 nitrogen and oxygen atoms in total. The molecule has 4 rings (SSSR count). The summed E-state index contributed by atoms with van der Waals surface area (Å²) in [5, 5.41) is 0.407. The normalized spacial score (nSPS) is 12.2. The van der Waals surface area contributed by atoms with E-state index >= 15 is 0 Å². The zero-order valence-corrected chi connectivity index (χ0v) is 14.5. The highest BCUT2D eigenvalue weighted by Gasteiger charge is 2.13. The predicted octanol–water partition coefficient (Wildman–Crippen LogP) is 3.71. The Hall–Kier alpha value is -3.06. The van der Waals surface area contributed by atoms with E-state index in [1.165, 1.54) is 23.5 Å². The number of carbonyl (C=O) groups is 1. The Morgan fingerprint density at radius 1 is 1.23 bits per heavy atom. The van der Waals surface area contributed by atoms with Crippen LogP contribution in [0.5, 0.6) is 0 Å². The number of hydrogen-bond donors (Lipinski definition) is 0. The van der Waals surface area contributed by atoms with Crippen molar-refractivity contribution in [3.63, 3.8) is 0 Å². The second-order valence-corrected chi connectivity index (χ2v) is 6.64. The molecular weight excluding hydrogens is 355 g/mol. The van der Waals surface area contributed by atoms with Crippen LogP contribution in [0.25, 0.3) is 21.2 Å². The summed E-state index contributed by atoms with van der Waals surface area (Å²) in [6, 6.07) is 12.3. The summed E-state index contributed by atoms with van der Waals surface area (Å²) in [6.07, 6.45) is 0. The van der Waals surface area contributed by atoms with Gasteiger partial charge in [-0.25, -0.2) is 4.39 Å². The minimum Gasteiger partial charge on any atom is -0.451 e. The highest BCUT2D eigenvalue weighted by Crippen LogP contribution is 2.19. The summed E-state index contributed by atoms with van der Waals surface area (Å²) in [7, 11) is 0. The van der Waals surface area contributed by atoms with Crippen molar-refractivity contribution in [2.75, 3.05) is 0 Å². The van der Waals surface area contributed by atoms with E-state index in [0.29, 0.717) is 27.0 Å². The van der Waals surface area contributed by atoms with Crippen LogP contribution in [0.1, 0.15) is 17.5 Å². The number of aryl methyl sites for hydroxylation is 1. The van der Waals surface area contributed by atoms with Crippen LogP contribution in [-0.4, -0.2) is 10.5 Å². The van der Waals surface area contributed by atoms with Gasteiger partial charge in [-0.05, 0) is 37.3 Å². The summed E-state index contributed by atoms with van der Waals surface area (Å²) in [5.41, 5.74) is 0.831. The average molecular weight is 368 g/mol. The monoisotopic (exact) mass is 368 g/mol. The molecule has 0 radical (unpaired) electrons. The Balaban J connectivity index is 1.87. The van der Waals surface area contributed by atoms with E-state index in [1.807, 2.05) is 11.5 Å². The van der Waals surface area contributed by atoms with Gasteiger partial charge in [0.05, 0.1) is 15.6 Å². The lowest BCUT2D eigenvalue weighted by atomic mass is 10.2. The number of fused-ring (bicyclic) bond motifs is 2. The molecule has 0 bridgehead atoms. The molecule has 4 aromatic rings. The van der Waals surface area contributed by atoms with Gasteiger partial charge in [0, 0.05) is 12.6 Å². The molecule has 130 valence electrons. The molecule has 0 N–H and O–H groups in total. The van der Waals surface area contributed by atoms with Crippen LogP contribution in [0, 0.1) is 5.82 Å². The SMILES string of the molecule is CCn1c(=NC(=O)c2cc(=O)c3ccccc3o2)sc2cc(F)ccc21. The zero-order valence-electron chi connectivity index (χ0n) is 13.7. The lowest BCUT2D eigenvalue weighted by Crippen LogP contribution is -2.16. The highest BCUT2D eigenvalue weighted by atomic mass is 32.1. The summed E-state index contributed by atoms with van der Waals surface area (Å²) >= 11 is 1.21. The maximum Gasteiger partial charge on any atom is 0.315 e. The van der Waals surface area contributed by atoms with Gasteiger partial charge < -0.3 is 8.98 Å². The fraction of sp³-hybridized carbons (Fsp3) is 0.105. The second kappa shape index (κ2) is 6.34. The molecule has 26 heavy (non-hydrogen) atoms. The molecule has 0 saturated heterocycles. The molecule has 2 aromatic heterocycles. The van der Waals surface area contributed by atoms with Crippen LogP contribution in [-0.2, 0) is 6.54 Å². The van der Waals surface area contributed by atoms with Gasteiger partial charge in [0.15, 0.2) is 16.0 Å². The molecule has 0 fully saturated rings. The first-order valence-electron chi connectivity index (χ1n) is 7.97. The Labute approximate surface area is 150 Å². The van der Waals surface area contributed by atoms with Gasteiger partial charge in [-0.3, -0.25) is 9.59 Å². The van der Waals surface area contributed by atoms with Crippen molar-refractivity contribution in [3.8, 4) is 0 Å². The zero-order chi connectivity index (χ0) is 18.3. The molecule has 0 saturated carbocycles. The first-order valence-corrected chi connectivity index (χ1v) is 8.79. The van der Waals surface area contributed by atoms with E-state index in [9.17, 15) is 14.0 Å². The quantitative estimate of drug-likeness (QED) is 0.542. The smallest absolute Gasteiger partial charge is 0.315 e. The molecular formula is C19H13FN2O3S. The second-order valence-electron chi connectivity index (χ2n) is 5.63. The van der Waals surface area contributed by atoms with E-state index in [-0.39, 0.29) is 17.0 Å². The van der Waals surface area contributed by atoms with E-state index in [2.05, 4.69) is 4.99 Å². The molecule has 0 atom stereocenters. The van der Waals surface area contributed by atoms with Gasteiger partial charge in [0.2, 0.25) is 0 Å². The lowest BCUT2D eigenvalue weighted by Gasteiger charge is -2.01. The van der Waals surface area contributed by atoms with Crippen molar-refractivity contribution in [1.29, 1.82) is 0 Å². The molecule has 2 heterocycles. The Morgan fingerprint density at radius 3 is 2.85 bits per heavy atom. The maximum absolute atomic E-state index is 13.5. The first-order chi connectivity index (χ1) is 12.6. The number of para-hydroxylation sites is 1. The van der Waals surface area contributed by atoms with Gasteiger partial charge in [0.1, 0.15) is 11.4 Å². The molecule has 1 amide bonds. The highest BCUT2D eigenvalue weighted by molar-refractivity contribution is 7.16. The Bertz CT molecular complexity index is 1280. The molecule has 0 aliphatic carbocycles. The van der Waals surface area contributed by atoms with E-state index in [1.54, 1.807) is 30.3 Å². The summed E-state index contributed by atoms with van der Waals surface area (Å²) in [6.45, 7) is 2.48. The Morgan fingerprint density at radius 2 is 2.04 bits per heavy atom. The minimum absolute atomic E-state index is 0.125. The fourth-order valence-corrected chi connectivity index (χ4v) is 3.91. The van der Waals surface area contributed by atoms with E-state index in [0.717, 1.165) is 11.6 Å². The molecule has 0 unspecified atom stereocenters. The summed E-state index contributed by atoms with van der Waals surface area (Å²) < 4.78 is 21.5. The standard InChI is InChI=1S/C19H13FN2O3S/c1-2-22-13-8-7-11(20)9-17(13)26-19(22)21-18(24)16-10-14(23)12-5-3-4-6-15(12)25-16/h3-10H,2H2,1H3. The largest absolute Gasteiger partial charge is 0.451 e. The van der Waals surface area contributed by atoms with Crippen LogP contribution >= 0.6 is 11.3 Å². The average Bonchev–Trinajstić information content (AvgIpc) is 2.97. The first kappa shape index (κ1) is 16.4. The summed E-state index contributed by atoms with van der Waals surface area (Å²) in [4.78, 5) is 29.2. The van der Waals surface area contributed by atoms with Crippen LogP contribution in [0.3, 0.4) is 0 Å². The number of rotatable bonds is 2. The molecule has 0 spiro atoms. The van der Waals surface area contributed by atoms with Gasteiger partial charge in [0.25, 0.3) is 0 Å². The molecule has 0 aliphatic heterocycles. The van der Waals surface area contributed by atoms with Crippen molar-refractivity contribution >= 4 is 38.4 Å².